The number of amides is 1. The van der Waals surface area contributed by atoms with Crippen LogP contribution in [0.3, 0.4) is 0 Å². The van der Waals surface area contributed by atoms with E-state index in [4.69, 9.17) is 37.4 Å². The van der Waals surface area contributed by atoms with Gasteiger partial charge in [-0.05, 0) is 73.5 Å². The second-order valence-electron chi connectivity index (χ2n) is 8.16. The summed E-state index contributed by atoms with van der Waals surface area (Å²) in [5.41, 5.74) is 3.48. The number of carbonyl (C=O) groups is 1. The SMILES string of the molecule is CCN(CC)C(=O)Oc1ccc2c(ccn2Cc2cc(Cl)ccc2Cl)c1-c1ccc(OC)c(OC)c1. The summed E-state index contributed by atoms with van der Waals surface area (Å²) in [6.45, 7) is 5.49. The summed E-state index contributed by atoms with van der Waals surface area (Å²) in [6.07, 6.45) is 1.59. The summed E-state index contributed by atoms with van der Waals surface area (Å²) in [5, 5.41) is 2.19. The van der Waals surface area contributed by atoms with E-state index in [1.54, 1.807) is 31.3 Å². The highest BCUT2D eigenvalue weighted by atomic mass is 35.5. The topological polar surface area (TPSA) is 52.9 Å². The van der Waals surface area contributed by atoms with Crippen molar-refractivity contribution in [3.05, 3.63) is 76.4 Å². The van der Waals surface area contributed by atoms with Gasteiger partial charge in [-0.1, -0.05) is 29.3 Å². The number of ether oxygens (including phenoxy) is 3. The molecule has 0 bridgehead atoms. The fraction of sp³-hybridized carbons (Fsp3) is 0.250. The molecular formula is C28H28Cl2N2O4. The van der Waals surface area contributed by atoms with E-state index in [0.717, 1.165) is 27.6 Å². The maximum absolute atomic E-state index is 12.9. The molecule has 0 saturated heterocycles. The van der Waals surface area contributed by atoms with E-state index in [1.165, 1.54) is 0 Å². The Bertz CT molecular complexity index is 1400. The first-order valence-corrected chi connectivity index (χ1v) is 12.4. The molecule has 3 aromatic carbocycles. The van der Waals surface area contributed by atoms with Gasteiger partial charge in [0, 0.05) is 52.3 Å². The molecule has 8 heteroatoms. The van der Waals surface area contributed by atoms with Gasteiger partial charge in [0.25, 0.3) is 0 Å². The minimum Gasteiger partial charge on any atom is -0.493 e. The molecule has 1 heterocycles. The minimum absolute atomic E-state index is 0.397. The van der Waals surface area contributed by atoms with Gasteiger partial charge in [-0.25, -0.2) is 4.79 Å². The van der Waals surface area contributed by atoms with Gasteiger partial charge >= 0.3 is 6.09 Å². The standard InChI is InChI=1S/C28H28Cl2N2O4/c1-5-31(6-2)28(33)36-25-12-10-23-21(27(25)18-7-11-24(34-3)26(16-18)35-4)13-14-32(23)17-19-15-20(29)8-9-22(19)30/h7-16H,5-6,17H2,1-4H3. The number of nitrogens with zero attached hydrogens (tertiary/aromatic N) is 2. The smallest absolute Gasteiger partial charge is 0.415 e. The monoisotopic (exact) mass is 526 g/mol. The normalized spacial score (nSPS) is 10.9. The molecule has 0 radical (unpaired) electrons. The van der Waals surface area contributed by atoms with Crippen molar-refractivity contribution in [2.45, 2.75) is 20.4 Å². The van der Waals surface area contributed by atoms with Crippen LogP contribution in [0.1, 0.15) is 19.4 Å². The van der Waals surface area contributed by atoms with Crippen LogP contribution in [0.2, 0.25) is 10.0 Å². The zero-order valence-electron chi connectivity index (χ0n) is 20.7. The number of halogens is 2. The third-order valence-corrected chi connectivity index (χ3v) is 6.76. The first kappa shape index (κ1) is 25.7. The van der Waals surface area contributed by atoms with Crippen LogP contribution in [-0.2, 0) is 6.54 Å². The molecule has 0 aliphatic carbocycles. The molecule has 0 spiro atoms. The van der Waals surface area contributed by atoms with Crippen molar-refractivity contribution in [2.75, 3.05) is 27.3 Å². The van der Waals surface area contributed by atoms with Gasteiger partial charge in [0.1, 0.15) is 5.75 Å². The van der Waals surface area contributed by atoms with E-state index in [1.807, 2.05) is 62.5 Å². The Kier molecular flexibility index (Phi) is 7.97. The number of rotatable bonds is 8. The fourth-order valence-electron chi connectivity index (χ4n) is 4.25. The summed E-state index contributed by atoms with van der Waals surface area (Å²) in [4.78, 5) is 14.5. The molecule has 0 aliphatic heterocycles. The van der Waals surface area contributed by atoms with E-state index < -0.39 is 6.09 Å². The Balaban J connectivity index is 1.86. The third-order valence-electron chi connectivity index (χ3n) is 6.15. The van der Waals surface area contributed by atoms with Crippen molar-refractivity contribution in [3.63, 3.8) is 0 Å². The number of benzene rings is 3. The number of aromatic nitrogens is 1. The Morgan fingerprint density at radius 2 is 1.61 bits per heavy atom. The number of hydrogen-bond acceptors (Lipinski definition) is 4. The average Bonchev–Trinajstić information content (AvgIpc) is 3.29. The molecule has 0 aliphatic rings. The molecule has 0 fully saturated rings. The summed E-state index contributed by atoms with van der Waals surface area (Å²) < 4.78 is 19.0. The number of fused-ring (bicyclic) bond motifs is 1. The maximum atomic E-state index is 12.9. The number of carbonyl (C=O) groups excluding carboxylic acids is 1. The lowest BCUT2D eigenvalue weighted by atomic mass is 10.00. The summed E-state index contributed by atoms with van der Waals surface area (Å²) in [7, 11) is 3.19. The van der Waals surface area contributed by atoms with Crippen molar-refractivity contribution in [1.29, 1.82) is 0 Å². The maximum Gasteiger partial charge on any atom is 0.415 e. The first-order chi connectivity index (χ1) is 17.4. The second kappa shape index (κ2) is 11.1. The van der Waals surface area contributed by atoms with Crippen LogP contribution in [0.15, 0.2) is 60.8 Å². The largest absolute Gasteiger partial charge is 0.493 e. The Labute approximate surface area is 220 Å². The van der Waals surface area contributed by atoms with Crippen LogP contribution in [-0.4, -0.2) is 42.9 Å². The third kappa shape index (κ3) is 5.11. The van der Waals surface area contributed by atoms with Gasteiger partial charge in [0.15, 0.2) is 11.5 Å². The molecule has 0 N–H and O–H groups in total. The van der Waals surface area contributed by atoms with Crippen molar-refractivity contribution in [2.24, 2.45) is 0 Å². The summed E-state index contributed by atoms with van der Waals surface area (Å²) >= 11 is 12.6. The molecule has 0 atom stereocenters. The zero-order valence-corrected chi connectivity index (χ0v) is 22.2. The van der Waals surface area contributed by atoms with Crippen LogP contribution >= 0.6 is 23.2 Å². The lowest BCUT2D eigenvalue weighted by Gasteiger charge is -2.20. The number of methoxy groups -OCH3 is 2. The Morgan fingerprint density at radius 3 is 2.31 bits per heavy atom. The van der Waals surface area contributed by atoms with E-state index >= 15 is 0 Å². The van der Waals surface area contributed by atoms with Crippen LogP contribution in [0, 0.1) is 0 Å². The molecule has 0 unspecified atom stereocenters. The van der Waals surface area contributed by atoms with E-state index in [0.29, 0.717) is 46.9 Å². The van der Waals surface area contributed by atoms with Crippen molar-refractivity contribution < 1.29 is 19.0 Å². The molecular weight excluding hydrogens is 499 g/mol. The summed E-state index contributed by atoms with van der Waals surface area (Å²) in [5.74, 6) is 1.66. The average molecular weight is 527 g/mol. The molecule has 0 saturated carbocycles. The Morgan fingerprint density at radius 1 is 0.889 bits per heavy atom. The quantitative estimate of drug-likeness (QED) is 0.238. The molecule has 6 nitrogen and oxygen atoms in total. The van der Waals surface area contributed by atoms with Gasteiger partial charge in [-0.15, -0.1) is 0 Å². The molecule has 1 amide bonds. The highest BCUT2D eigenvalue weighted by Gasteiger charge is 2.20. The minimum atomic E-state index is -0.397. The van der Waals surface area contributed by atoms with E-state index in [-0.39, 0.29) is 0 Å². The van der Waals surface area contributed by atoms with Crippen molar-refractivity contribution in [1.82, 2.24) is 9.47 Å². The molecule has 188 valence electrons. The predicted octanol–water partition coefficient (Wildman–Crippen LogP) is 7.52. The van der Waals surface area contributed by atoms with Crippen LogP contribution in [0.5, 0.6) is 17.2 Å². The van der Waals surface area contributed by atoms with Crippen LogP contribution < -0.4 is 14.2 Å². The van der Waals surface area contributed by atoms with Crippen LogP contribution in [0.4, 0.5) is 4.79 Å². The molecule has 4 rings (SSSR count). The van der Waals surface area contributed by atoms with E-state index in [9.17, 15) is 4.79 Å². The molecule has 36 heavy (non-hydrogen) atoms. The van der Waals surface area contributed by atoms with Crippen LogP contribution in [0.25, 0.3) is 22.0 Å². The van der Waals surface area contributed by atoms with Gasteiger partial charge in [-0.2, -0.15) is 0 Å². The van der Waals surface area contributed by atoms with Gasteiger partial charge in [0.05, 0.1) is 14.2 Å². The van der Waals surface area contributed by atoms with Crippen molar-refractivity contribution >= 4 is 40.2 Å². The van der Waals surface area contributed by atoms with E-state index in [2.05, 4.69) is 4.57 Å². The van der Waals surface area contributed by atoms with Gasteiger partial charge in [0.2, 0.25) is 0 Å². The lowest BCUT2D eigenvalue weighted by Crippen LogP contribution is -2.33. The zero-order chi connectivity index (χ0) is 25.8. The molecule has 4 aromatic rings. The highest BCUT2D eigenvalue weighted by molar-refractivity contribution is 6.33. The first-order valence-electron chi connectivity index (χ1n) is 11.6. The lowest BCUT2D eigenvalue weighted by molar-refractivity contribution is 0.157. The predicted molar refractivity (Wildman–Crippen MR) is 145 cm³/mol. The number of hydrogen-bond donors (Lipinski definition) is 0. The summed E-state index contributed by atoms with van der Waals surface area (Å²) in [6, 6.07) is 16.9. The van der Waals surface area contributed by atoms with Crippen molar-refractivity contribution in [3.8, 4) is 28.4 Å². The molecule has 1 aromatic heterocycles. The van der Waals surface area contributed by atoms with Gasteiger partial charge in [-0.3, -0.25) is 0 Å². The highest BCUT2D eigenvalue weighted by Crippen LogP contribution is 2.41. The second-order valence-corrected chi connectivity index (χ2v) is 9.00. The van der Waals surface area contributed by atoms with Gasteiger partial charge < -0.3 is 23.7 Å². The Hall–Kier alpha value is -3.35. The fourth-order valence-corrected chi connectivity index (χ4v) is 4.63.